The average molecular weight is 209 g/mol. The lowest BCUT2D eigenvalue weighted by molar-refractivity contribution is -0.129. The van der Waals surface area contributed by atoms with E-state index in [1.54, 1.807) is 4.90 Å². The number of Topliss-reactive ketones (excluding diaryl/α,β-unsaturated/α-hetero) is 1. The van der Waals surface area contributed by atoms with Gasteiger partial charge in [0.1, 0.15) is 5.69 Å². The van der Waals surface area contributed by atoms with Crippen LogP contribution < -0.4 is 0 Å². The first-order valence-electron chi connectivity index (χ1n) is 4.98. The highest BCUT2D eigenvalue weighted by atomic mass is 16.2. The van der Waals surface area contributed by atoms with E-state index in [4.69, 9.17) is 0 Å². The van der Waals surface area contributed by atoms with Crippen LogP contribution in [0.1, 0.15) is 30.8 Å². The van der Waals surface area contributed by atoms with Gasteiger partial charge in [0.25, 0.3) is 0 Å². The quantitative estimate of drug-likeness (QED) is 0.577. The normalized spacial score (nSPS) is 10.0. The number of aromatic nitrogens is 2. The SMILES string of the molecule is CCN(CC)C(=O)CC(=O)c1c[nH]cn1. The zero-order valence-electron chi connectivity index (χ0n) is 8.99. The predicted octanol–water partition coefficient (Wildman–Crippen LogP) is 0.851. The minimum atomic E-state index is -0.242. The zero-order chi connectivity index (χ0) is 11.3. The molecule has 0 aliphatic carbocycles. The van der Waals surface area contributed by atoms with Crippen LogP contribution in [0.5, 0.6) is 0 Å². The second-order valence-corrected chi connectivity index (χ2v) is 3.12. The highest BCUT2D eigenvalue weighted by molar-refractivity contribution is 6.06. The average Bonchev–Trinajstić information content (AvgIpc) is 2.72. The van der Waals surface area contributed by atoms with Crippen molar-refractivity contribution in [3.05, 3.63) is 18.2 Å². The van der Waals surface area contributed by atoms with Gasteiger partial charge in [-0.25, -0.2) is 4.98 Å². The number of hydrogen-bond donors (Lipinski definition) is 1. The van der Waals surface area contributed by atoms with Crippen LogP contribution in [0.15, 0.2) is 12.5 Å². The highest BCUT2D eigenvalue weighted by Crippen LogP contribution is 2.01. The summed E-state index contributed by atoms with van der Waals surface area (Å²) >= 11 is 0. The topological polar surface area (TPSA) is 66.1 Å². The molecule has 0 aliphatic rings. The molecule has 5 nitrogen and oxygen atoms in total. The smallest absolute Gasteiger partial charge is 0.230 e. The summed E-state index contributed by atoms with van der Waals surface area (Å²) in [6, 6.07) is 0. The summed E-state index contributed by atoms with van der Waals surface area (Å²) in [7, 11) is 0. The molecule has 0 saturated carbocycles. The number of amides is 1. The van der Waals surface area contributed by atoms with E-state index in [0.29, 0.717) is 18.8 Å². The van der Waals surface area contributed by atoms with Crippen molar-refractivity contribution in [3.63, 3.8) is 0 Å². The monoisotopic (exact) mass is 209 g/mol. The molecule has 0 aliphatic heterocycles. The van der Waals surface area contributed by atoms with Crippen molar-refractivity contribution < 1.29 is 9.59 Å². The molecule has 0 radical (unpaired) electrons. The molecule has 0 atom stereocenters. The Morgan fingerprint density at radius 2 is 2.07 bits per heavy atom. The number of nitrogens with one attached hydrogen (secondary N) is 1. The van der Waals surface area contributed by atoms with E-state index in [1.807, 2.05) is 13.8 Å². The van der Waals surface area contributed by atoms with E-state index >= 15 is 0 Å². The Hall–Kier alpha value is -1.65. The summed E-state index contributed by atoms with van der Waals surface area (Å²) in [6.45, 7) is 5.03. The lowest BCUT2D eigenvalue weighted by atomic mass is 10.2. The van der Waals surface area contributed by atoms with Gasteiger partial charge in [-0.3, -0.25) is 9.59 Å². The molecule has 5 heteroatoms. The Kier molecular flexibility index (Phi) is 4.03. The lowest BCUT2D eigenvalue weighted by Gasteiger charge is -2.17. The Morgan fingerprint density at radius 3 is 2.53 bits per heavy atom. The molecule has 0 spiro atoms. The number of hydrogen-bond acceptors (Lipinski definition) is 3. The predicted molar refractivity (Wildman–Crippen MR) is 55.5 cm³/mol. The summed E-state index contributed by atoms with van der Waals surface area (Å²) in [4.78, 5) is 31.2. The lowest BCUT2D eigenvalue weighted by Crippen LogP contribution is -2.32. The molecule has 1 aromatic heterocycles. The van der Waals surface area contributed by atoms with Crippen molar-refractivity contribution in [2.75, 3.05) is 13.1 Å². The molecule has 15 heavy (non-hydrogen) atoms. The van der Waals surface area contributed by atoms with Crippen LogP contribution in [0.25, 0.3) is 0 Å². The molecular formula is C10H15N3O2. The molecule has 1 aromatic rings. The third-order valence-corrected chi connectivity index (χ3v) is 2.21. The van der Waals surface area contributed by atoms with Crippen LogP contribution in [0.4, 0.5) is 0 Å². The molecule has 0 fully saturated rings. The summed E-state index contributed by atoms with van der Waals surface area (Å²) in [5.41, 5.74) is 0.315. The Bertz CT molecular complexity index is 328. The van der Waals surface area contributed by atoms with Crippen LogP contribution in [0.2, 0.25) is 0 Å². The van der Waals surface area contributed by atoms with Crippen molar-refractivity contribution in [3.8, 4) is 0 Å². The maximum atomic E-state index is 11.6. The van der Waals surface area contributed by atoms with E-state index in [2.05, 4.69) is 9.97 Å². The van der Waals surface area contributed by atoms with Gasteiger partial charge in [-0.15, -0.1) is 0 Å². The second kappa shape index (κ2) is 5.29. The second-order valence-electron chi connectivity index (χ2n) is 3.12. The molecule has 0 unspecified atom stereocenters. The molecule has 0 aromatic carbocycles. The summed E-state index contributed by atoms with van der Waals surface area (Å²) in [5, 5.41) is 0. The molecule has 1 heterocycles. The van der Waals surface area contributed by atoms with E-state index in [-0.39, 0.29) is 18.1 Å². The maximum absolute atomic E-state index is 11.6. The molecule has 1 amide bonds. The fourth-order valence-corrected chi connectivity index (χ4v) is 1.33. The largest absolute Gasteiger partial charge is 0.350 e. The molecule has 82 valence electrons. The Labute approximate surface area is 88.5 Å². The number of H-pyrrole nitrogens is 1. The van der Waals surface area contributed by atoms with Gasteiger partial charge in [0.2, 0.25) is 5.91 Å². The number of nitrogens with zero attached hydrogens (tertiary/aromatic N) is 2. The number of rotatable bonds is 5. The van der Waals surface area contributed by atoms with E-state index in [0.717, 1.165) is 0 Å². The van der Waals surface area contributed by atoms with Gasteiger partial charge < -0.3 is 9.88 Å². The number of carbonyl (C=O) groups is 2. The summed E-state index contributed by atoms with van der Waals surface area (Å²) in [5.74, 6) is -0.388. The van der Waals surface area contributed by atoms with Crippen LogP contribution >= 0.6 is 0 Å². The fraction of sp³-hybridized carbons (Fsp3) is 0.500. The van der Waals surface area contributed by atoms with Gasteiger partial charge >= 0.3 is 0 Å². The number of imidazole rings is 1. The third kappa shape index (κ3) is 2.90. The number of carbonyl (C=O) groups excluding carboxylic acids is 2. The first-order valence-corrected chi connectivity index (χ1v) is 4.98. The molecule has 1 N–H and O–H groups in total. The van der Waals surface area contributed by atoms with Gasteiger partial charge in [-0.2, -0.15) is 0 Å². The molecule has 1 rings (SSSR count). The van der Waals surface area contributed by atoms with Crippen LogP contribution in [0.3, 0.4) is 0 Å². The van der Waals surface area contributed by atoms with Crippen molar-refractivity contribution in [2.24, 2.45) is 0 Å². The molecule has 0 saturated heterocycles. The van der Waals surface area contributed by atoms with Gasteiger partial charge in [0.15, 0.2) is 5.78 Å². The van der Waals surface area contributed by atoms with E-state index < -0.39 is 0 Å². The van der Waals surface area contributed by atoms with Crippen molar-refractivity contribution >= 4 is 11.7 Å². The first-order chi connectivity index (χ1) is 7.19. The van der Waals surface area contributed by atoms with Crippen molar-refractivity contribution in [1.29, 1.82) is 0 Å². The Balaban J connectivity index is 2.55. The maximum Gasteiger partial charge on any atom is 0.230 e. The van der Waals surface area contributed by atoms with Gasteiger partial charge in [0.05, 0.1) is 12.7 Å². The van der Waals surface area contributed by atoms with E-state index in [9.17, 15) is 9.59 Å². The van der Waals surface area contributed by atoms with Crippen LogP contribution in [0, 0.1) is 0 Å². The van der Waals surface area contributed by atoms with E-state index in [1.165, 1.54) is 12.5 Å². The summed E-state index contributed by atoms with van der Waals surface area (Å²) < 4.78 is 0. The molecular weight excluding hydrogens is 194 g/mol. The number of aromatic amines is 1. The highest BCUT2D eigenvalue weighted by Gasteiger charge is 2.16. The van der Waals surface area contributed by atoms with Gasteiger partial charge in [-0.05, 0) is 13.8 Å². The first kappa shape index (κ1) is 11.4. The van der Waals surface area contributed by atoms with Gasteiger partial charge in [-0.1, -0.05) is 0 Å². The summed E-state index contributed by atoms with van der Waals surface area (Å²) in [6.07, 6.45) is 2.82. The molecule has 0 bridgehead atoms. The fourth-order valence-electron chi connectivity index (χ4n) is 1.33. The van der Waals surface area contributed by atoms with Crippen LogP contribution in [-0.4, -0.2) is 39.6 Å². The minimum Gasteiger partial charge on any atom is -0.350 e. The Morgan fingerprint density at radius 1 is 1.40 bits per heavy atom. The van der Waals surface area contributed by atoms with Crippen LogP contribution in [-0.2, 0) is 4.79 Å². The van der Waals surface area contributed by atoms with Gasteiger partial charge in [0, 0.05) is 19.3 Å². The number of ketones is 1. The van der Waals surface area contributed by atoms with Crippen molar-refractivity contribution in [1.82, 2.24) is 14.9 Å². The third-order valence-electron chi connectivity index (χ3n) is 2.21. The van der Waals surface area contributed by atoms with Crippen molar-refractivity contribution in [2.45, 2.75) is 20.3 Å². The zero-order valence-corrected chi connectivity index (χ0v) is 8.99. The standard InChI is InChI=1S/C10H15N3O2/c1-3-13(4-2)10(15)5-9(14)8-6-11-7-12-8/h6-7H,3-5H2,1-2H3,(H,11,12). The minimum absolute atomic E-state index is 0.105.